The Morgan fingerprint density at radius 2 is 2.00 bits per heavy atom. The van der Waals surface area contributed by atoms with Crippen molar-refractivity contribution in [3.63, 3.8) is 0 Å². The maximum absolute atomic E-state index is 11.0. The van der Waals surface area contributed by atoms with Crippen molar-refractivity contribution in [1.29, 1.82) is 0 Å². The van der Waals surface area contributed by atoms with E-state index in [9.17, 15) is 9.59 Å². The molecule has 0 rings (SSSR count). The Kier molecular flexibility index (Phi) is 4.97. The average Bonchev–Trinajstić information content (AvgIpc) is 2.08. The first-order chi connectivity index (χ1) is 6.85. The summed E-state index contributed by atoms with van der Waals surface area (Å²) in [6.45, 7) is 4.68. The fourth-order valence-corrected chi connectivity index (χ4v) is 0.560. The van der Waals surface area contributed by atoms with Gasteiger partial charge in [0.25, 0.3) is 0 Å². The number of rotatable bonds is 2. The number of amides is 2. The number of nitrogens with one attached hydrogen (secondary N) is 2. The normalized spacial score (nSPS) is 9.80. The van der Waals surface area contributed by atoms with E-state index in [1.54, 1.807) is 20.8 Å². The topological polar surface area (TPSA) is 116 Å². The number of ether oxygens (including phenoxy) is 1. The largest absolute Gasteiger partial charge is 0.443 e. The van der Waals surface area contributed by atoms with Gasteiger partial charge < -0.3 is 4.74 Å². The standard InChI is InChI=1S/C7H13N5O3/c1-7(2,3)15-6(14)11-10-5(13)4-9-12-8/h4H2,1-3H3,(H,10,13)(H,11,14). The summed E-state index contributed by atoms with van der Waals surface area (Å²) in [7, 11) is 0. The van der Waals surface area contributed by atoms with E-state index in [2.05, 4.69) is 10.0 Å². The predicted octanol–water partition coefficient (Wildman–Crippen LogP) is 0.853. The Bertz CT molecular complexity index is 289. The van der Waals surface area contributed by atoms with Crippen LogP contribution in [0.2, 0.25) is 0 Å². The fourth-order valence-electron chi connectivity index (χ4n) is 0.560. The summed E-state index contributed by atoms with van der Waals surface area (Å²) in [4.78, 5) is 24.2. The molecule has 0 spiro atoms. The first kappa shape index (κ1) is 13.1. The number of carbonyl (C=O) groups is 2. The van der Waals surface area contributed by atoms with Crippen molar-refractivity contribution in [2.45, 2.75) is 26.4 Å². The summed E-state index contributed by atoms with van der Waals surface area (Å²) in [6.07, 6.45) is -0.781. The van der Waals surface area contributed by atoms with Crippen LogP contribution in [-0.4, -0.2) is 24.1 Å². The lowest BCUT2D eigenvalue weighted by Crippen LogP contribution is -2.45. The molecule has 84 valence electrons. The zero-order valence-corrected chi connectivity index (χ0v) is 8.77. The molecule has 2 N–H and O–H groups in total. The highest BCUT2D eigenvalue weighted by Crippen LogP contribution is 2.05. The lowest BCUT2D eigenvalue weighted by molar-refractivity contribution is -0.120. The number of azide groups is 1. The van der Waals surface area contributed by atoms with Gasteiger partial charge in [-0.25, -0.2) is 10.2 Å². The quantitative estimate of drug-likeness (QED) is 0.308. The number of hydrogen-bond donors (Lipinski definition) is 2. The van der Waals surface area contributed by atoms with Gasteiger partial charge in [0, 0.05) is 4.91 Å². The average molecular weight is 215 g/mol. The lowest BCUT2D eigenvalue weighted by atomic mass is 10.2. The number of nitrogens with zero attached hydrogens (tertiary/aromatic N) is 3. The Hall–Kier alpha value is -1.95. The van der Waals surface area contributed by atoms with Crippen molar-refractivity contribution >= 4 is 12.0 Å². The van der Waals surface area contributed by atoms with Gasteiger partial charge in [-0.1, -0.05) is 5.11 Å². The van der Waals surface area contributed by atoms with Crippen LogP contribution >= 0.6 is 0 Å². The molecule has 0 aromatic rings. The first-order valence-corrected chi connectivity index (χ1v) is 4.14. The molecule has 8 heteroatoms. The molecular formula is C7H13N5O3. The molecule has 0 aliphatic carbocycles. The van der Waals surface area contributed by atoms with E-state index in [0.717, 1.165) is 0 Å². The van der Waals surface area contributed by atoms with Crippen LogP contribution < -0.4 is 10.9 Å². The summed E-state index contributed by atoms with van der Waals surface area (Å²) in [5, 5.41) is 3.00. The minimum Gasteiger partial charge on any atom is -0.443 e. The molecular weight excluding hydrogens is 202 g/mol. The van der Waals surface area contributed by atoms with E-state index < -0.39 is 17.6 Å². The van der Waals surface area contributed by atoms with Gasteiger partial charge in [0.2, 0.25) is 5.91 Å². The summed E-state index contributed by atoms with van der Waals surface area (Å²) in [6, 6.07) is 0. The maximum Gasteiger partial charge on any atom is 0.426 e. The van der Waals surface area contributed by atoms with Crippen molar-refractivity contribution in [2.24, 2.45) is 5.11 Å². The molecule has 0 heterocycles. The molecule has 0 saturated carbocycles. The monoisotopic (exact) mass is 215 g/mol. The van der Waals surface area contributed by atoms with Crippen molar-refractivity contribution in [3.8, 4) is 0 Å². The van der Waals surface area contributed by atoms with Crippen LogP contribution in [0.1, 0.15) is 20.8 Å². The fraction of sp³-hybridized carbons (Fsp3) is 0.714. The van der Waals surface area contributed by atoms with Gasteiger partial charge in [-0.05, 0) is 26.3 Å². The smallest absolute Gasteiger partial charge is 0.426 e. The van der Waals surface area contributed by atoms with Gasteiger partial charge in [-0.2, -0.15) is 0 Å². The van der Waals surface area contributed by atoms with Crippen molar-refractivity contribution < 1.29 is 14.3 Å². The maximum atomic E-state index is 11.0. The number of hydrazine groups is 1. The lowest BCUT2D eigenvalue weighted by Gasteiger charge is -2.19. The third-order valence-electron chi connectivity index (χ3n) is 0.980. The van der Waals surface area contributed by atoms with E-state index >= 15 is 0 Å². The van der Waals surface area contributed by atoms with Crippen LogP contribution in [0.25, 0.3) is 10.4 Å². The highest BCUT2D eigenvalue weighted by Gasteiger charge is 2.16. The van der Waals surface area contributed by atoms with Crippen LogP contribution in [0.5, 0.6) is 0 Å². The Balaban J connectivity index is 3.81. The van der Waals surface area contributed by atoms with Crippen molar-refractivity contribution in [1.82, 2.24) is 10.9 Å². The molecule has 8 nitrogen and oxygen atoms in total. The Morgan fingerprint density at radius 3 is 2.47 bits per heavy atom. The predicted molar refractivity (Wildman–Crippen MR) is 51.5 cm³/mol. The highest BCUT2D eigenvalue weighted by atomic mass is 16.6. The molecule has 0 radical (unpaired) electrons. The second-order valence-corrected chi connectivity index (χ2v) is 3.56. The second-order valence-electron chi connectivity index (χ2n) is 3.56. The third-order valence-corrected chi connectivity index (χ3v) is 0.980. The minimum absolute atomic E-state index is 0.383. The summed E-state index contributed by atoms with van der Waals surface area (Å²) in [5.74, 6) is -0.626. The van der Waals surface area contributed by atoms with Gasteiger partial charge in [0.15, 0.2) is 0 Å². The molecule has 0 fully saturated rings. The summed E-state index contributed by atoms with van der Waals surface area (Å²) in [5.41, 5.74) is 11.3. The highest BCUT2D eigenvalue weighted by molar-refractivity contribution is 5.80. The summed E-state index contributed by atoms with van der Waals surface area (Å²) < 4.78 is 4.82. The van der Waals surface area contributed by atoms with E-state index in [-0.39, 0.29) is 6.54 Å². The van der Waals surface area contributed by atoms with Gasteiger partial charge >= 0.3 is 6.09 Å². The number of carbonyl (C=O) groups excluding carboxylic acids is 2. The zero-order valence-electron chi connectivity index (χ0n) is 8.77. The molecule has 0 unspecified atom stereocenters. The van der Waals surface area contributed by atoms with Gasteiger partial charge in [-0.3, -0.25) is 10.2 Å². The van der Waals surface area contributed by atoms with E-state index in [1.807, 2.05) is 10.9 Å². The molecule has 0 aromatic carbocycles. The van der Waals surface area contributed by atoms with Crippen molar-refractivity contribution in [3.05, 3.63) is 10.4 Å². The van der Waals surface area contributed by atoms with Gasteiger partial charge in [0.05, 0.1) is 0 Å². The molecule has 0 atom stereocenters. The van der Waals surface area contributed by atoms with Crippen molar-refractivity contribution in [2.75, 3.05) is 6.54 Å². The third kappa shape index (κ3) is 8.38. The van der Waals surface area contributed by atoms with Gasteiger partial charge in [0.1, 0.15) is 12.1 Å². The second kappa shape index (κ2) is 5.71. The zero-order chi connectivity index (χ0) is 11.9. The van der Waals surface area contributed by atoms with Crippen LogP contribution in [0.15, 0.2) is 5.11 Å². The molecule has 0 aliphatic rings. The molecule has 0 aromatic heterocycles. The Labute approximate surface area is 86.6 Å². The Morgan fingerprint density at radius 1 is 1.40 bits per heavy atom. The van der Waals surface area contributed by atoms with E-state index in [1.165, 1.54) is 0 Å². The molecule has 0 bridgehead atoms. The minimum atomic E-state index is -0.781. The van der Waals surface area contributed by atoms with Crippen LogP contribution in [0.3, 0.4) is 0 Å². The van der Waals surface area contributed by atoms with Gasteiger partial charge in [-0.15, -0.1) is 0 Å². The van der Waals surface area contributed by atoms with Crippen LogP contribution in [0.4, 0.5) is 4.79 Å². The van der Waals surface area contributed by atoms with E-state index in [4.69, 9.17) is 10.3 Å². The molecule has 0 aliphatic heterocycles. The molecule has 0 saturated heterocycles. The van der Waals surface area contributed by atoms with E-state index in [0.29, 0.717) is 0 Å². The molecule has 15 heavy (non-hydrogen) atoms. The molecule has 2 amide bonds. The van der Waals surface area contributed by atoms with Crippen LogP contribution in [0, 0.1) is 0 Å². The first-order valence-electron chi connectivity index (χ1n) is 4.14. The number of hydrogen-bond acceptors (Lipinski definition) is 4. The summed E-state index contributed by atoms with van der Waals surface area (Å²) >= 11 is 0. The SMILES string of the molecule is CC(C)(C)OC(=O)NNC(=O)CN=[N+]=[N-]. The van der Waals surface area contributed by atoms with Crippen LogP contribution in [-0.2, 0) is 9.53 Å².